The van der Waals surface area contributed by atoms with Crippen LogP contribution in [0.25, 0.3) is 11.0 Å². The van der Waals surface area contributed by atoms with Crippen LogP contribution in [0.15, 0.2) is 94.7 Å². The Morgan fingerprint density at radius 1 is 1.10 bits per heavy atom. The number of thiazole rings is 1. The van der Waals surface area contributed by atoms with Crippen molar-refractivity contribution in [2.45, 2.75) is 13.0 Å². The van der Waals surface area contributed by atoms with Gasteiger partial charge in [-0.05, 0) is 55.0 Å². The van der Waals surface area contributed by atoms with Crippen molar-refractivity contribution in [3.8, 4) is 11.5 Å². The lowest BCUT2D eigenvalue weighted by Crippen LogP contribution is -2.29. The molecule has 204 valence electrons. The van der Waals surface area contributed by atoms with E-state index in [0.29, 0.717) is 22.8 Å². The Bertz CT molecular complexity index is 1900. The minimum Gasteiger partial charge on any atom is -0.457 e. The second-order valence-corrected chi connectivity index (χ2v) is 10.2. The molecule has 0 radical (unpaired) electrons. The van der Waals surface area contributed by atoms with Crippen LogP contribution in [0.3, 0.4) is 0 Å². The number of aryl methyl sites for hydroxylation is 1. The number of esters is 1. The normalized spacial score (nSPS) is 14.2. The van der Waals surface area contributed by atoms with Crippen LogP contribution in [0, 0.1) is 12.7 Å². The molecule has 10 heteroatoms. The van der Waals surface area contributed by atoms with E-state index >= 15 is 0 Å². The molecule has 1 aliphatic heterocycles. The third-order valence-corrected chi connectivity index (χ3v) is 7.63. The van der Waals surface area contributed by atoms with Gasteiger partial charge in [0.15, 0.2) is 10.6 Å². The largest absolute Gasteiger partial charge is 0.457 e. The number of para-hydroxylation sites is 1. The molecule has 6 rings (SSSR count). The molecule has 0 aliphatic carbocycles. The van der Waals surface area contributed by atoms with Gasteiger partial charge < -0.3 is 13.9 Å². The zero-order valence-electron chi connectivity index (χ0n) is 21.6. The van der Waals surface area contributed by atoms with Gasteiger partial charge in [0.2, 0.25) is 5.76 Å². The Morgan fingerprint density at radius 3 is 2.66 bits per heavy atom. The van der Waals surface area contributed by atoms with E-state index in [1.807, 2.05) is 18.2 Å². The van der Waals surface area contributed by atoms with E-state index in [0.717, 1.165) is 23.5 Å². The summed E-state index contributed by atoms with van der Waals surface area (Å²) in [6.07, 6.45) is 1.45. The third kappa shape index (κ3) is 4.68. The molecule has 0 spiro atoms. The monoisotopic (exact) mass is 568 g/mol. The SMILES string of the molecule is C=CCOC(=O)c1sc(N2C(=O)c3oc4ccc(F)cc4c(=O)c3C2c2cccc(Oc3ccccc3)c2)nc1C. The summed E-state index contributed by atoms with van der Waals surface area (Å²) in [6.45, 7) is 5.19. The first-order valence-electron chi connectivity index (χ1n) is 12.5. The predicted molar refractivity (Wildman–Crippen MR) is 151 cm³/mol. The summed E-state index contributed by atoms with van der Waals surface area (Å²) in [5, 5.41) is 0.169. The summed E-state index contributed by atoms with van der Waals surface area (Å²) >= 11 is 0.958. The molecule has 1 atom stereocenters. The first kappa shape index (κ1) is 26.1. The van der Waals surface area contributed by atoms with E-state index in [1.54, 1.807) is 43.3 Å². The van der Waals surface area contributed by atoms with Gasteiger partial charge in [0.25, 0.3) is 5.91 Å². The maximum absolute atomic E-state index is 14.1. The summed E-state index contributed by atoms with van der Waals surface area (Å²) in [4.78, 5) is 46.4. The van der Waals surface area contributed by atoms with E-state index in [9.17, 15) is 18.8 Å². The third-order valence-electron chi connectivity index (χ3n) is 6.49. The standard InChI is InChI=1S/C31H21FN2O6S/c1-3-14-38-30(37)28-17(2)33-31(41-28)34-25(18-8-7-11-21(15-18)39-20-9-5-4-6-10-20)24-26(35)22-16-19(32)12-13-23(22)40-27(24)29(34)36/h3-13,15-16,25H,1,14H2,2H3. The molecule has 41 heavy (non-hydrogen) atoms. The maximum atomic E-state index is 14.1. The quantitative estimate of drug-likeness (QED) is 0.162. The first-order valence-corrected chi connectivity index (χ1v) is 13.4. The summed E-state index contributed by atoms with van der Waals surface area (Å²) < 4.78 is 31.2. The van der Waals surface area contributed by atoms with Crippen LogP contribution in [0.4, 0.5) is 9.52 Å². The van der Waals surface area contributed by atoms with Gasteiger partial charge in [0, 0.05) is 0 Å². The summed E-state index contributed by atoms with van der Waals surface area (Å²) in [5.74, 6) is -0.961. The number of ether oxygens (including phenoxy) is 2. The van der Waals surface area contributed by atoms with Gasteiger partial charge in [-0.25, -0.2) is 14.2 Å². The fourth-order valence-electron chi connectivity index (χ4n) is 4.71. The van der Waals surface area contributed by atoms with Gasteiger partial charge in [-0.2, -0.15) is 0 Å². The van der Waals surface area contributed by atoms with Gasteiger partial charge >= 0.3 is 5.97 Å². The molecule has 0 N–H and O–H groups in total. The van der Waals surface area contributed by atoms with Crippen molar-refractivity contribution in [3.05, 3.63) is 129 Å². The number of amides is 1. The molecule has 0 bridgehead atoms. The van der Waals surface area contributed by atoms with Crippen molar-refractivity contribution in [1.82, 2.24) is 4.98 Å². The molecule has 1 amide bonds. The van der Waals surface area contributed by atoms with Crippen molar-refractivity contribution in [3.63, 3.8) is 0 Å². The second-order valence-electron chi connectivity index (χ2n) is 9.18. The van der Waals surface area contributed by atoms with Gasteiger partial charge in [-0.1, -0.05) is 54.3 Å². The molecular formula is C31H21FN2O6S. The number of fused-ring (bicyclic) bond motifs is 2. The van der Waals surface area contributed by atoms with E-state index in [2.05, 4.69) is 11.6 Å². The molecule has 1 aliphatic rings. The fourth-order valence-corrected chi connectivity index (χ4v) is 5.69. The van der Waals surface area contributed by atoms with Crippen molar-refractivity contribution >= 4 is 39.3 Å². The van der Waals surface area contributed by atoms with Gasteiger partial charge in [0.05, 0.1) is 22.7 Å². The smallest absolute Gasteiger partial charge is 0.350 e. The van der Waals surface area contributed by atoms with E-state index in [4.69, 9.17) is 13.9 Å². The summed E-state index contributed by atoms with van der Waals surface area (Å²) in [5.41, 5.74) is 0.448. The van der Waals surface area contributed by atoms with E-state index in [-0.39, 0.29) is 38.9 Å². The number of hydrogen-bond donors (Lipinski definition) is 0. The second kappa shape index (κ2) is 10.5. The highest BCUT2D eigenvalue weighted by Crippen LogP contribution is 2.44. The Kier molecular flexibility index (Phi) is 6.68. The topological polar surface area (TPSA) is 98.9 Å². The number of carbonyl (C=O) groups excluding carboxylic acids is 2. The molecule has 3 aromatic carbocycles. The van der Waals surface area contributed by atoms with Crippen LogP contribution in [0.2, 0.25) is 0 Å². The Morgan fingerprint density at radius 2 is 1.88 bits per heavy atom. The Balaban J connectivity index is 1.52. The maximum Gasteiger partial charge on any atom is 0.350 e. The van der Waals surface area contributed by atoms with E-state index in [1.165, 1.54) is 17.0 Å². The average molecular weight is 569 g/mol. The lowest BCUT2D eigenvalue weighted by Gasteiger charge is -2.23. The lowest BCUT2D eigenvalue weighted by atomic mass is 9.98. The van der Waals surface area contributed by atoms with Crippen LogP contribution in [-0.2, 0) is 4.74 Å². The molecule has 1 unspecified atom stereocenters. The van der Waals surface area contributed by atoms with Crippen LogP contribution in [-0.4, -0.2) is 23.5 Å². The van der Waals surface area contributed by atoms with Crippen molar-refractivity contribution in [1.29, 1.82) is 0 Å². The fraction of sp³-hybridized carbons (Fsp3) is 0.0968. The first-order chi connectivity index (χ1) is 19.9. The Labute approximate surface area is 236 Å². The number of benzene rings is 3. The number of rotatable bonds is 7. The molecule has 3 heterocycles. The van der Waals surface area contributed by atoms with Crippen LogP contribution in [0.1, 0.15) is 43.1 Å². The molecule has 2 aromatic heterocycles. The number of carbonyl (C=O) groups is 2. The Hall–Kier alpha value is -5.09. The molecule has 0 fully saturated rings. The minimum atomic E-state index is -0.997. The average Bonchev–Trinajstić information content (AvgIpc) is 3.50. The van der Waals surface area contributed by atoms with E-state index < -0.39 is 29.2 Å². The lowest BCUT2D eigenvalue weighted by molar-refractivity contribution is 0.0554. The zero-order chi connectivity index (χ0) is 28.7. The van der Waals surface area contributed by atoms with Gasteiger partial charge in [0.1, 0.15) is 34.4 Å². The molecule has 5 aromatic rings. The van der Waals surface area contributed by atoms with Crippen LogP contribution < -0.4 is 15.1 Å². The summed E-state index contributed by atoms with van der Waals surface area (Å²) in [7, 11) is 0. The highest BCUT2D eigenvalue weighted by atomic mass is 32.1. The predicted octanol–water partition coefficient (Wildman–Crippen LogP) is 6.58. The van der Waals surface area contributed by atoms with Gasteiger partial charge in [-0.15, -0.1) is 0 Å². The van der Waals surface area contributed by atoms with Crippen LogP contribution in [0.5, 0.6) is 11.5 Å². The molecule has 8 nitrogen and oxygen atoms in total. The molecule has 0 saturated heterocycles. The number of hydrogen-bond acceptors (Lipinski definition) is 8. The number of anilines is 1. The number of nitrogens with zero attached hydrogens (tertiary/aromatic N) is 2. The highest BCUT2D eigenvalue weighted by Gasteiger charge is 2.45. The molecule has 0 saturated carbocycles. The van der Waals surface area contributed by atoms with Crippen molar-refractivity contribution in [2.24, 2.45) is 0 Å². The van der Waals surface area contributed by atoms with Crippen molar-refractivity contribution < 1.29 is 27.9 Å². The minimum absolute atomic E-state index is 0.00380. The zero-order valence-corrected chi connectivity index (χ0v) is 22.4. The van der Waals surface area contributed by atoms with Gasteiger partial charge in [-0.3, -0.25) is 14.5 Å². The summed E-state index contributed by atoms with van der Waals surface area (Å²) in [6, 6.07) is 18.6. The number of aromatic nitrogens is 1. The number of halogens is 1. The van der Waals surface area contributed by atoms with Crippen molar-refractivity contribution in [2.75, 3.05) is 11.5 Å². The molecular weight excluding hydrogens is 547 g/mol. The van der Waals surface area contributed by atoms with Crippen LogP contribution >= 0.6 is 11.3 Å². The highest BCUT2D eigenvalue weighted by molar-refractivity contribution is 7.17.